The van der Waals surface area contributed by atoms with Crippen LogP contribution in [0.5, 0.6) is 0 Å². The standard InChI is InChI=1S/C7H12N4O/c1-10(2)5-4-9-11(3)7(12)6(5)8/h4H,8H2,1-3H3. The molecule has 1 rings (SSSR count). The van der Waals surface area contributed by atoms with Crippen LogP contribution in [0.15, 0.2) is 11.0 Å². The maximum absolute atomic E-state index is 11.2. The van der Waals surface area contributed by atoms with E-state index in [1.807, 2.05) is 14.1 Å². The number of nitrogens with zero attached hydrogens (tertiary/aromatic N) is 3. The topological polar surface area (TPSA) is 64.2 Å². The third-order valence-electron chi connectivity index (χ3n) is 1.64. The lowest BCUT2D eigenvalue weighted by molar-refractivity contribution is 0.709. The Balaban J connectivity index is 3.37. The number of hydrogen-bond acceptors (Lipinski definition) is 4. The fourth-order valence-electron chi connectivity index (χ4n) is 0.904. The first-order valence-corrected chi connectivity index (χ1v) is 3.53. The van der Waals surface area contributed by atoms with E-state index in [1.165, 1.54) is 4.68 Å². The Labute approximate surface area is 70.4 Å². The van der Waals surface area contributed by atoms with E-state index >= 15 is 0 Å². The van der Waals surface area contributed by atoms with E-state index in [0.29, 0.717) is 5.69 Å². The van der Waals surface area contributed by atoms with Crippen molar-refractivity contribution < 1.29 is 0 Å². The Kier molecular flexibility index (Phi) is 2.03. The van der Waals surface area contributed by atoms with Crippen molar-refractivity contribution in [3.05, 3.63) is 16.6 Å². The Morgan fingerprint density at radius 3 is 2.67 bits per heavy atom. The van der Waals surface area contributed by atoms with Crippen molar-refractivity contribution in [2.75, 3.05) is 24.7 Å². The van der Waals surface area contributed by atoms with E-state index in [4.69, 9.17) is 5.73 Å². The van der Waals surface area contributed by atoms with E-state index in [1.54, 1.807) is 18.1 Å². The average molecular weight is 168 g/mol. The quantitative estimate of drug-likeness (QED) is 0.610. The lowest BCUT2D eigenvalue weighted by Gasteiger charge is -2.13. The van der Waals surface area contributed by atoms with Crippen LogP contribution in [-0.2, 0) is 7.05 Å². The molecular weight excluding hydrogens is 156 g/mol. The summed E-state index contributed by atoms with van der Waals surface area (Å²) in [4.78, 5) is 13.0. The van der Waals surface area contributed by atoms with Gasteiger partial charge in [-0.25, -0.2) is 4.68 Å². The zero-order valence-electron chi connectivity index (χ0n) is 7.40. The molecule has 0 spiro atoms. The van der Waals surface area contributed by atoms with Gasteiger partial charge in [0.1, 0.15) is 5.69 Å². The summed E-state index contributed by atoms with van der Waals surface area (Å²) in [7, 11) is 5.19. The second kappa shape index (κ2) is 2.84. The van der Waals surface area contributed by atoms with Crippen molar-refractivity contribution in [2.24, 2.45) is 7.05 Å². The highest BCUT2D eigenvalue weighted by Gasteiger charge is 2.06. The molecule has 0 bridgehead atoms. The van der Waals surface area contributed by atoms with Gasteiger partial charge in [-0.2, -0.15) is 5.10 Å². The second-order valence-corrected chi connectivity index (χ2v) is 2.77. The van der Waals surface area contributed by atoms with Crippen molar-refractivity contribution in [1.82, 2.24) is 9.78 Å². The summed E-state index contributed by atoms with van der Waals surface area (Å²) in [5.41, 5.74) is 6.19. The summed E-state index contributed by atoms with van der Waals surface area (Å²) in [6.07, 6.45) is 1.57. The molecule has 0 aromatic carbocycles. The molecule has 0 atom stereocenters. The molecule has 0 aliphatic heterocycles. The number of nitrogens with two attached hydrogens (primary N) is 1. The van der Waals surface area contributed by atoms with E-state index < -0.39 is 0 Å². The van der Waals surface area contributed by atoms with Gasteiger partial charge < -0.3 is 10.6 Å². The van der Waals surface area contributed by atoms with Crippen LogP contribution < -0.4 is 16.2 Å². The summed E-state index contributed by atoms with van der Waals surface area (Å²) < 4.78 is 1.21. The smallest absolute Gasteiger partial charge is 0.291 e. The minimum absolute atomic E-state index is 0.234. The van der Waals surface area contributed by atoms with Crippen LogP contribution in [0, 0.1) is 0 Å². The molecule has 0 amide bonds. The molecule has 0 saturated carbocycles. The summed E-state index contributed by atoms with van der Waals surface area (Å²) in [6.45, 7) is 0. The van der Waals surface area contributed by atoms with Crippen LogP contribution in [-0.4, -0.2) is 23.9 Å². The third-order valence-corrected chi connectivity index (χ3v) is 1.64. The fraction of sp³-hybridized carbons (Fsp3) is 0.429. The highest BCUT2D eigenvalue weighted by atomic mass is 16.1. The van der Waals surface area contributed by atoms with Gasteiger partial charge in [0.25, 0.3) is 5.56 Å². The van der Waals surface area contributed by atoms with Crippen molar-refractivity contribution in [3.8, 4) is 0 Å². The molecule has 5 nitrogen and oxygen atoms in total. The Hall–Kier alpha value is -1.52. The molecule has 0 saturated heterocycles. The number of aryl methyl sites for hydroxylation is 1. The number of rotatable bonds is 1. The zero-order valence-corrected chi connectivity index (χ0v) is 7.40. The number of anilines is 2. The van der Waals surface area contributed by atoms with Gasteiger partial charge in [0.05, 0.1) is 11.9 Å². The molecule has 0 radical (unpaired) electrons. The number of nitrogen functional groups attached to an aromatic ring is 1. The maximum Gasteiger partial charge on any atom is 0.291 e. The van der Waals surface area contributed by atoms with Gasteiger partial charge in [0, 0.05) is 21.1 Å². The molecule has 12 heavy (non-hydrogen) atoms. The van der Waals surface area contributed by atoms with Crippen molar-refractivity contribution in [3.63, 3.8) is 0 Å². The minimum Gasteiger partial charge on any atom is -0.392 e. The molecule has 1 aromatic rings. The Morgan fingerprint density at radius 1 is 1.58 bits per heavy atom. The lowest BCUT2D eigenvalue weighted by Crippen LogP contribution is -2.25. The van der Waals surface area contributed by atoms with Crippen molar-refractivity contribution in [2.45, 2.75) is 0 Å². The first kappa shape index (κ1) is 8.58. The number of hydrogen-bond donors (Lipinski definition) is 1. The van der Waals surface area contributed by atoms with E-state index in [-0.39, 0.29) is 11.2 Å². The third kappa shape index (κ3) is 1.25. The summed E-state index contributed by atoms with van der Waals surface area (Å²) in [6, 6.07) is 0. The predicted molar refractivity (Wildman–Crippen MR) is 48.2 cm³/mol. The van der Waals surface area contributed by atoms with Gasteiger partial charge in [-0.3, -0.25) is 4.79 Å². The molecule has 1 aromatic heterocycles. The van der Waals surface area contributed by atoms with Crippen LogP contribution in [0.25, 0.3) is 0 Å². The van der Waals surface area contributed by atoms with E-state index in [0.717, 1.165) is 0 Å². The monoisotopic (exact) mass is 168 g/mol. The maximum atomic E-state index is 11.2. The molecule has 5 heteroatoms. The molecule has 66 valence electrons. The van der Waals surface area contributed by atoms with Gasteiger partial charge in [0.2, 0.25) is 0 Å². The van der Waals surface area contributed by atoms with Crippen LogP contribution in [0.2, 0.25) is 0 Å². The molecule has 0 aliphatic rings. The number of aromatic nitrogens is 2. The van der Waals surface area contributed by atoms with E-state index in [2.05, 4.69) is 5.10 Å². The van der Waals surface area contributed by atoms with Gasteiger partial charge >= 0.3 is 0 Å². The molecule has 0 unspecified atom stereocenters. The highest BCUT2D eigenvalue weighted by Crippen LogP contribution is 2.13. The minimum atomic E-state index is -0.263. The van der Waals surface area contributed by atoms with Gasteiger partial charge in [-0.05, 0) is 0 Å². The van der Waals surface area contributed by atoms with Crippen LogP contribution in [0.1, 0.15) is 0 Å². The lowest BCUT2D eigenvalue weighted by atomic mass is 10.4. The Morgan fingerprint density at radius 2 is 2.17 bits per heavy atom. The van der Waals surface area contributed by atoms with Gasteiger partial charge in [0.15, 0.2) is 0 Å². The molecule has 1 heterocycles. The van der Waals surface area contributed by atoms with Crippen LogP contribution >= 0.6 is 0 Å². The highest BCUT2D eigenvalue weighted by molar-refractivity contribution is 5.63. The van der Waals surface area contributed by atoms with Crippen LogP contribution in [0.3, 0.4) is 0 Å². The summed E-state index contributed by atoms with van der Waals surface area (Å²) in [5.74, 6) is 0. The Bertz CT molecular complexity index is 342. The van der Waals surface area contributed by atoms with Gasteiger partial charge in [-0.15, -0.1) is 0 Å². The first-order chi connectivity index (χ1) is 5.54. The average Bonchev–Trinajstić information content (AvgIpc) is 2.00. The SMILES string of the molecule is CN(C)c1cnn(C)c(=O)c1N. The van der Waals surface area contributed by atoms with E-state index in [9.17, 15) is 4.79 Å². The summed E-state index contributed by atoms with van der Waals surface area (Å²) in [5, 5.41) is 3.84. The molecule has 2 N–H and O–H groups in total. The van der Waals surface area contributed by atoms with Crippen molar-refractivity contribution >= 4 is 11.4 Å². The second-order valence-electron chi connectivity index (χ2n) is 2.77. The molecular formula is C7H12N4O. The van der Waals surface area contributed by atoms with Crippen LogP contribution in [0.4, 0.5) is 11.4 Å². The largest absolute Gasteiger partial charge is 0.392 e. The predicted octanol–water partition coefficient (Wildman–Crippen LogP) is -0.571. The van der Waals surface area contributed by atoms with Crippen molar-refractivity contribution in [1.29, 1.82) is 0 Å². The molecule has 0 aliphatic carbocycles. The molecule has 0 fully saturated rings. The fourth-order valence-corrected chi connectivity index (χ4v) is 0.904. The zero-order chi connectivity index (χ0) is 9.30. The first-order valence-electron chi connectivity index (χ1n) is 3.53. The summed E-state index contributed by atoms with van der Waals surface area (Å²) >= 11 is 0. The van der Waals surface area contributed by atoms with Gasteiger partial charge in [-0.1, -0.05) is 0 Å². The normalized spacial score (nSPS) is 9.92.